The first-order valence-electron chi connectivity index (χ1n) is 6.48. The Labute approximate surface area is 121 Å². The molecule has 0 radical (unpaired) electrons. The third kappa shape index (κ3) is 1.80. The minimum Gasteiger partial charge on any atom is -0.507 e. The van der Waals surface area contributed by atoms with Crippen molar-refractivity contribution in [3.63, 3.8) is 0 Å². The molecule has 3 rings (SSSR count). The van der Waals surface area contributed by atoms with Crippen LogP contribution in [0.2, 0.25) is 0 Å². The molecule has 1 N–H and O–H groups in total. The van der Waals surface area contributed by atoms with E-state index in [1.807, 2.05) is 0 Å². The summed E-state index contributed by atoms with van der Waals surface area (Å²) in [6.07, 6.45) is 0. The molecule has 21 heavy (non-hydrogen) atoms. The van der Waals surface area contributed by atoms with Gasteiger partial charge in [0, 0.05) is 22.3 Å². The highest BCUT2D eigenvalue weighted by Gasteiger charge is 2.32. The van der Waals surface area contributed by atoms with E-state index in [2.05, 4.69) is 0 Å². The normalized spacial score (nSPS) is 12.9. The highest BCUT2D eigenvalue weighted by molar-refractivity contribution is 6.29. The largest absolute Gasteiger partial charge is 0.507 e. The van der Waals surface area contributed by atoms with E-state index in [1.54, 1.807) is 13.0 Å². The summed E-state index contributed by atoms with van der Waals surface area (Å²) in [6, 6.07) is 7.44. The molecule has 0 saturated heterocycles. The summed E-state index contributed by atoms with van der Waals surface area (Å²) in [7, 11) is 0. The second-order valence-corrected chi connectivity index (χ2v) is 5.13. The van der Waals surface area contributed by atoms with Crippen LogP contribution in [0.3, 0.4) is 0 Å². The number of phenolic OH excluding ortho intramolecular Hbond substituents is 1. The molecule has 2 aromatic rings. The minimum absolute atomic E-state index is 0.00774. The van der Waals surface area contributed by atoms with Crippen LogP contribution in [-0.2, 0) is 0 Å². The van der Waals surface area contributed by atoms with E-state index in [0.717, 1.165) is 0 Å². The summed E-state index contributed by atoms with van der Waals surface area (Å²) in [5.74, 6) is -1.13. The van der Waals surface area contributed by atoms with Crippen molar-refractivity contribution >= 4 is 17.3 Å². The van der Waals surface area contributed by atoms with Crippen molar-refractivity contribution in [1.29, 1.82) is 0 Å². The second-order valence-electron chi connectivity index (χ2n) is 5.13. The zero-order valence-corrected chi connectivity index (χ0v) is 11.6. The van der Waals surface area contributed by atoms with Gasteiger partial charge in [-0.3, -0.25) is 14.4 Å². The third-order valence-electron chi connectivity index (χ3n) is 3.75. The summed E-state index contributed by atoms with van der Waals surface area (Å²) in [6.45, 7) is 3.14. The average Bonchev–Trinajstić information content (AvgIpc) is 2.43. The number of carbonyl (C=O) groups excluding carboxylic acids is 3. The number of phenols is 1. The Balaban J connectivity index is 2.34. The van der Waals surface area contributed by atoms with Crippen LogP contribution in [0.4, 0.5) is 0 Å². The lowest BCUT2D eigenvalue weighted by Crippen LogP contribution is -2.22. The number of rotatable bonds is 1. The Hall–Kier alpha value is -2.75. The number of hydrogen-bond acceptors (Lipinski definition) is 4. The maximum absolute atomic E-state index is 12.5. The smallest absolute Gasteiger partial charge is 0.198 e. The van der Waals surface area contributed by atoms with Gasteiger partial charge in [0.15, 0.2) is 17.3 Å². The first-order valence-corrected chi connectivity index (χ1v) is 6.48. The van der Waals surface area contributed by atoms with Crippen LogP contribution in [0.5, 0.6) is 5.75 Å². The van der Waals surface area contributed by atoms with E-state index in [4.69, 9.17) is 0 Å². The fourth-order valence-electron chi connectivity index (χ4n) is 2.71. The molecule has 0 fully saturated rings. The number of benzene rings is 2. The molecular formula is C17H12O4. The SMILES string of the molecule is CC(=O)c1cc2c(cc1C)C(=O)c1cccc(O)c1C2=O. The third-order valence-corrected chi connectivity index (χ3v) is 3.75. The van der Waals surface area contributed by atoms with Crippen molar-refractivity contribution in [3.05, 3.63) is 63.7 Å². The number of fused-ring (bicyclic) bond motifs is 2. The van der Waals surface area contributed by atoms with Crippen LogP contribution in [-0.4, -0.2) is 22.5 Å². The number of Topliss-reactive ketones (excluding diaryl/α,β-unsaturated/α-hetero) is 1. The lowest BCUT2D eigenvalue weighted by molar-refractivity contribution is 0.0975. The molecule has 0 aromatic heterocycles. The Morgan fingerprint density at radius 1 is 1.00 bits per heavy atom. The summed E-state index contributed by atoms with van der Waals surface area (Å²) < 4.78 is 0. The highest BCUT2D eigenvalue weighted by atomic mass is 16.3. The fraction of sp³-hybridized carbons (Fsp3) is 0.118. The second kappa shape index (κ2) is 4.38. The number of aryl methyl sites for hydroxylation is 1. The molecule has 0 atom stereocenters. The van der Waals surface area contributed by atoms with Gasteiger partial charge in [-0.2, -0.15) is 0 Å². The zero-order valence-electron chi connectivity index (χ0n) is 11.6. The lowest BCUT2D eigenvalue weighted by atomic mass is 9.81. The van der Waals surface area contributed by atoms with Gasteiger partial charge in [-0.05, 0) is 37.6 Å². The monoisotopic (exact) mass is 280 g/mol. The minimum atomic E-state index is -0.430. The Morgan fingerprint density at radius 2 is 1.67 bits per heavy atom. The molecule has 0 spiro atoms. The van der Waals surface area contributed by atoms with Crippen molar-refractivity contribution in [1.82, 2.24) is 0 Å². The van der Waals surface area contributed by atoms with Crippen LogP contribution in [0.1, 0.15) is 54.7 Å². The molecule has 0 bridgehead atoms. The maximum atomic E-state index is 12.5. The van der Waals surface area contributed by atoms with Gasteiger partial charge >= 0.3 is 0 Å². The van der Waals surface area contributed by atoms with E-state index < -0.39 is 5.78 Å². The van der Waals surface area contributed by atoms with E-state index >= 15 is 0 Å². The Morgan fingerprint density at radius 3 is 2.33 bits per heavy atom. The standard InChI is InChI=1S/C17H12O4/c1-8-6-12-13(7-11(8)9(2)18)17(21)15-10(16(12)20)4-3-5-14(15)19/h3-7,19H,1-2H3. The quantitative estimate of drug-likeness (QED) is 0.696. The van der Waals surface area contributed by atoms with E-state index in [0.29, 0.717) is 11.1 Å². The molecule has 4 heteroatoms. The van der Waals surface area contributed by atoms with E-state index in [9.17, 15) is 19.5 Å². The van der Waals surface area contributed by atoms with E-state index in [1.165, 1.54) is 31.2 Å². The van der Waals surface area contributed by atoms with Crippen LogP contribution >= 0.6 is 0 Å². The van der Waals surface area contributed by atoms with Crippen LogP contribution in [0.15, 0.2) is 30.3 Å². The predicted octanol–water partition coefficient (Wildman–Crippen LogP) is 2.68. The van der Waals surface area contributed by atoms with Gasteiger partial charge in [0.1, 0.15) is 5.75 Å². The number of hydrogen-bond donors (Lipinski definition) is 1. The van der Waals surface area contributed by atoms with Gasteiger partial charge in [-0.25, -0.2) is 0 Å². The number of carbonyl (C=O) groups is 3. The predicted molar refractivity (Wildman–Crippen MR) is 76.2 cm³/mol. The average molecular weight is 280 g/mol. The molecule has 2 aromatic carbocycles. The van der Waals surface area contributed by atoms with Crippen molar-refractivity contribution in [2.24, 2.45) is 0 Å². The summed E-state index contributed by atoms with van der Waals surface area (Å²) in [5, 5.41) is 9.86. The topological polar surface area (TPSA) is 71.4 Å². The van der Waals surface area contributed by atoms with Crippen molar-refractivity contribution < 1.29 is 19.5 Å². The number of ketones is 3. The molecule has 0 aliphatic heterocycles. The molecule has 4 nitrogen and oxygen atoms in total. The van der Waals surface area contributed by atoms with E-state index in [-0.39, 0.29) is 39.6 Å². The van der Waals surface area contributed by atoms with Gasteiger partial charge in [-0.15, -0.1) is 0 Å². The van der Waals surface area contributed by atoms with Gasteiger partial charge in [-0.1, -0.05) is 12.1 Å². The highest BCUT2D eigenvalue weighted by Crippen LogP contribution is 2.33. The van der Waals surface area contributed by atoms with Crippen molar-refractivity contribution in [2.75, 3.05) is 0 Å². The molecule has 1 aliphatic carbocycles. The summed E-state index contributed by atoms with van der Waals surface area (Å²) >= 11 is 0. The van der Waals surface area contributed by atoms with Gasteiger partial charge in [0.05, 0.1) is 5.56 Å². The Bertz CT molecular complexity index is 831. The molecular weight excluding hydrogens is 268 g/mol. The van der Waals surface area contributed by atoms with Gasteiger partial charge < -0.3 is 5.11 Å². The van der Waals surface area contributed by atoms with Crippen LogP contribution in [0, 0.1) is 6.92 Å². The molecule has 0 heterocycles. The lowest BCUT2D eigenvalue weighted by Gasteiger charge is -2.19. The molecule has 0 saturated carbocycles. The summed E-state index contributed by atoms with van der Waals surface area (Å²) in [4.78, 5) is 36.6. The van der Waals surface area contributed by atoms with Crippen LogP contribution in [0.25, 0.3) is 0 Å². The first kappa shape index (κ1) is 13.2. The summed E-state index contributed by atoms with van der Waals surface area (Å²) in [5.41, 5.74) is 1.72. The number of aromatic hydroxyl groups is 1. The zero-order chi connectivity index (χ0) is 15.3. The maximum Gasteiger partial charge on any atom is 0.198 e. The molecule has 0 amide bonds. The van der Waals surface area contributed by atoms with Crippen molar-refractivity contribution in [2.45, 2.75) is 13.8 Å². The van der Waals surface area contributed by atoms with Gasteiger partial charge in [0.25, 0.3) is 0 Å². The fourth-order valence-corrected chi connectivity index (χ4v) is 2.71. The van der Waals surface area contributed by atoms with Crippen LogP contribution < -0.4 is 0 Å². The molecule has 0 unspecified atom stereocenters. The Kier molecular flexibility index (Phi) is 2.76. The van der Waals surface area contributed by atoms with Gasteiger partial charge in [0.2, 0.25) is 0 Å². The molecule has 1 aliphatic rings. The first-order chi connectivity index (χ1) is 9.91. The molecule has 104 valence electrons. The van der Waals surface area contributed by atoms with Crippen molar-refractivity contribution in [3.8, 4) is 5.75 Å².